The van der Waals surface area contributed by atoms with E-state index >= 15 is 0 Å². The van der Waals surface area contributed by atoms with Gasteiger partial charge in [0.25, 0.3) is 0 Å². The van der Waals surface area contributed by atoms with Crippen molar-refractivity contribution in [2.24, 2.45) is 7.05 Å². The number of ether oxygens (including phenoxy) is 1. The van der Waals surface area contributed by atoms with Crippen LogP contribution in [0.15, 0.2) is 42.9 Å². The van der Waals surface area contributed by atoms with Crippen LogP contribution in [0.3, 0.4) is 0 Å². The summed E-state index contributed by atoms with van der Waals surface area (Å²) in [5.41, 5.74) is 4.73. The van der Waals surface area contributed by atoms with Crippen molar-refractivity contribution in [1.82, 2.24) is 14.5 Å². The second kappa shape index (κ2) is 6.05. The van der Waals surface area contributed by atoms with Gasteiger partial charge < -0.3 is 14.4 Å². The van der Waals surface area contributed by atoms with E-state index in [9.17, 15) is 9.90 Å². The molecule has 1 aliphatic heterocycles. The molecule has 0 saturated heterocycles. The summed E-state index contributed by atoms with van der Waals surface area (Å²) in [7, 11) is 1.94. The number of imidazole rings is 1. The summed E-state index contributed by atoms with van der Waals surface area (Å²) in [4.78, 5) is 19.8. The second-order valence-corrected chi connectivity index (χ2v) is 6.14. The molecule has 1 aliphatic rings. The highest BCUT2D eigenvalue weighted by Gasteiger charge is 2.21. The number of benzene rings is 1. The molecule has 1 N–H and O–H groups in total. The number of aromatic carboxylic acids is 1. The molecule has 2 aromatic heterocycles. The number of fused-ring (bicyclic) bond motifs is 1. The van der Waals surface area contributed by atoms with Gasteiger partial charge in [0.15, 0.2) is 0 Å². The van der Waals surface area contributed by atoms with E-state index in [1.54, 1.807) is 12.4 Å². The molecule has 6 nitrogen and oxygen atoms in total. The molecule has 0 atom stereocenters. The van der Waals surface area contributed by atoms with E-state index in [1.165, 1.54) is 0 Å². The fourth-order valence-corrected chi connectivity index (χ4v) is 3.06. The number of aromatic nitrogens is 3. The van der Waals surface area contributed by atoms with E-state index in [-0.39, 0.29) is 5.69 Å². The van der Waals surface area contributed by atoms with E-state index in [2.05, 4.69) is 9.97 Å². The Bertz CT molecular complexity index is 945. The average Bonchev–Trinajstić information content (AvgIpc) is 3.24. The first kappa shape index (κ1) is 15.4. The number of nitrogens with zero attached hydrogens (tertiary/aromatic N) is 3. The molecule has 0 saturated carbocycles. The number of pyridine rings is 1. The summed E-state index contributed by atoms with van der Waals surface area (Å²) in [5.74, 6) is -0.278. The molecule has 3 heterocycles. The zero-order valence-electron chi connectivity index (χ0n) is 13.8. The Kier molecular flexibility index (Phi) is 3.72. The molecule has 4 rings (SSSR count). The molecule has 126 valence electrons. The predicted octanol–water partition coefficient (Wildman–Crippen LogP) is 2.71. The number of hydrogen-bond acceptors (Lipinski definition) is 4. The van der Waals surface area contributed by atoms with Gasteiger partial charge in [-0.05, 0) is 11.6 Å². The third-order valence-corrected chi connectivity index (χ3v) is 4.27. The molecule has 1 aromatic carbocycles. The lowest BCUT2D eigenvalue weighted by Crippen LogP contribution is -2.04. The van der Waals surface area contributed by atoms with E-state index in [0.29, 0.717) is 19.4 Å². The molecular weight excluding hydrogens is 318 g/mol. The molecule has 0 radical (unpaired) electrons. The lowest BCUT2D eigenvalue weighted by Gasteiger charge is -2.09. The normalized spacial score (nSPS) is 12.7. The van der Waals surface area contributed by atoms with Crippen molar-refractivity contribution in [2.45, 2.75) is 12.8 Å². The van der Waals surface area contributed by atoms with Gasteiger partial charge >= 0.3 is 5.97 Å². The van der Waals surface area contributed by atoms with Crippen LogP contribution in [0.1, 0.15) is 27.3 Å². The van der Waals surface area contributed by atoms with Gasteiger partial charge in [0.1, 0.15) is 11.4 Å². The Morgan fingerprint density at radius 3 is 2.80 bits per heavy atom. The summed E-state index contributed by atoms with van der Waals surface area (Å²) in [6.45, 7) is 0.553. The van der Waals surface area contributed by atoms with Gasteiger partial charge in [-0.15, -0.1) is 0 Å². The van der Waals surface area contributed by atoms with Crippen LogP contribution in [0.4, 0.5) is 0 Å². The van der Waals surface area contributed by atoms with E-state index < -0.39 is 5.97 Å². The Hall–Kier alpha value is -3.15. The van der Waals surface area contributed by atoms with E-state index in [1.807, 2.05) is 42.1 Å². The summed E-state index contributed by atoms with van der Waals surface area (Å²) >= 11 is 0. The first-order chi connectivity index (χ1) is 12.1. The van der Waals surface area contributed by atoms with Crippen LogP contribution in [0.25, 0.3) is 11.3 Å². The summed E-state index contributed by atoms with van der Waals surface area (Å²) < 4.78 is 7.58. The molecule has 0 bridgehead atoms. The fourth-order valence-electron chi connectivity index (χ4n) is 3.06. The second-order valence-electron chi connectivity index (χ2n) is 6.14. The summed E-state index contributed by atoms with van der Waals surface area (Å²) in [6, 6.07) is 9.73. The quantitative estimate of drug-likeness (QED) is 0.793. The fraction of sp³-hybridized carbons (Fsp3) is 0.211. The van der Waals surface area contributed by atoms with Crippen molar-refractivity contribution in [3.05, 3.63) is 65.4 Å². The number of hydrogen-bond donors (Lipinski definition) is 1. The van der Waals surface area contributed by atoms with Crippen molar-refractivity contribution in [2.75, 3.05) is 6.61 Å². The first-order valence-electron chi connectivity index (χ1n) is 8.06. The highest BCUT2D eigenvalue weighted by Crippen LogP contribution is 2.31. The lowest BCUT2D eigenvalue weighted by atomic mass is 10.0. The summed E-state index contributed by atoms with van der Waals surface area (Å²) in [5, 5.41) is 9.26. The molecule has 0 spiro atoms. The Morgan fingerprint density at radius 2 is 2.12 bits per heavy atom. The Labute approximate surface area is 144 Å². The zero-order chi connectivity index (χ0) is 17.4. The predicted molar refractivity (Wildman–Crippen MR) is 91.8 cm³/mol. The van der Waals surface area contributed by atoms with Crippen molar-refractivity contribution < 1.29 is 14.6 Å². The van der Waals surface area contributed by atoms with Gasteiger partial charge in [0, 0.05) is 37.2 Å². The number of aryl methyl sites for hydroxylation is 1. The molecule has 6 heteroatoms. The maximum atomic E-state index is 11.3. The van der Waals surface area contributed by atoms with E-state index in [0.717, 1.165) is 33.8 Å². The van der Waals surface area contributed by atoms with Crippen molar-refractivity contribution >= 4 is 5.97 Å². The molecule has 0 amide bonds. The number of carboxylic acid groups (broad SMARTS) is 1. The Balaban J connectivity index is 1.63. The van der Waals surface area contributed by atoms with Crippen LogP contribution in [-0.4, -0.2) is 32.2 Å². The van der Waals surface area contributed by atoms with Gasteiger partial charge in [-0.3, -0.25) is 0 Å². The van der Waals surface area contributed by atoms with Gasteiger partial charge in [-0.1, -0.05) is 24.3 Å². The molecule has 0 unspecified atom stereocenters. The molecule has 0 fully saturated rings. The topological polar surface area (TPSA) is 77.2 Å². The van der Waals surface area contributed by atoms with Gasteiger partial charge in [0.05, 0.1) is 24.3 Å². The zero-order valence-corrected chi connectivity index (χ0v) is 13.8. The number of carbonyl (C=O) groups is 1. The SMILES string of the molecule is Cn1cnc(-c2ccc(Cc3cc(C(=O)O)nc4c3OCC4)cc2)c1. The monoisotopic (exact) mass is 335 g/mol. The van der Waals surface area contributed by atoms with Crippen molar-refractivity contribution in [3.63, 3.8) is 0 Å². The minimum Gasteiger partial charge on any atom is -0.491 e. The minimum atomic E-state index is -1.01. The van der Waals surface area contributed by atoms with Crippen molar-refractivity contribution in [1.29, 1.82) is 0 Å². The third kappa shape index (κ3) is 2.98. The van der Waals surface area contributed by atoms with Crippen LogP contribution in [0, 0.1) is 0 Å². The van der Waals surface area contributed by atoms with Crippen LogP contribution in [-0.2, 0) is 19.9 Å². The molecule has 25 heavy (non-hydrogen) atoms. The minimum absolute atomic E-state index is 0.0735. The molecule has 3 aromatic rings. The standard InChI is InChI=1S/C19H17N3O3/c1-22-10-17(20-11-22)13-4-2-12(3-5-13)8-14-9-16(19(23)24)21-15-6-7-25-18(14)15/h2-5,9-11H,6-8H2,1H3,(H,23,24). The summed E-state index contributed by atoms with van der Waals surface area (Å²) in [6.07, 6.45) is 5.00. The van der Waals surface area contributed by atoms with E-state index in [4.69, 9.17) is 4.74 Å². The number of rotatable bonds is 4. The van der Waals surface area contributed by atoms with Gasteiger partial charge in [-0.25, -0.2) is 14.8 Å². The molecular formula is C19H17N3O3. The average molecular weight is 335 g/mol. The van der Waals surface area contributed by atoms with Crippen LogP contribution >= 0.6 is 0 Å². The van der Waals surface area contributed by atoms with Gasteiger partial charge in [0.2, 0.25) is 0 Å². The third-order valence-electron chi connectivity index (χ3n) is 4.27. The van der Waals surface area contributed by atoms with Gasteiger partial charge in [-0.2, -0.15) is 0 Å². The largest absolute Gasteiger partial charge is 0.491 e. The Morgan fingerprint density at radius 1 is 1.32 bits per heavy atom. The van der Waals surface area contributed by atoms with Crippen LogP contribution in [0.5, 0.6) is 5.75 Å². The number of carboxylic acids is 1. The van der Waals surface area contributed by atoms with Crippen LogP contribution < -0.4 is 4.74 Å². The maximum Gasteiger partial charge on any atom is 0.354 e. The highest BCUT2D eigenvalue weighted by atomic mass is 16.5. The first-order valence-corrected chi connectivity index (χ1v) is 8.06. The van der Waals surface area contributed by atoms with Crippen molar-refractivity contribution in [3.8, 4) is 17.0 Å². The van der Waals surface area contributed by atoms with Crippen LogP contribution in [0.2, 0.25) is 0 Å². The smallest absolute Gasteiger partial charge is 0.354 e. The highest BCUT2D eigenvalue weighted by molar-refractivity contribution is 5.86. The lowest BCUT2D eigenvalue weighted by molar-refractivity contribution is 0.0690. The molecule has 0 aliphatic carbocycles. The maximum absolute atomic E-state index is 11.3.